The molecule has 1 amide bonds. The zero-order valence-electron chi connectivity index (χ0n) is 10.5. The number of aliphatic carboxylic acids is 1. The summed E-state index contributed by atoms with van der Waals surface area (Å²) in [4.78, 5) is 22.7. The van der Waals surface area contributed by atoms with Gasteiger partial charge in [0.25, 0.3) is 0 Å². The first-order valence-corrected chi connectivity index (χ1v) is 6.43. The predicted molar refractivity (Wildman–Crippen MR) is 63.4 cm³/mol. The van der Waals surface area contributed by atoms with Crippen LogP contribution in [-0.4, -0.2) is 23.0 Å². The summed E-state index contributed by atoms with van der Waals surface area (Å²) in [5, 5.41) is 11.9. The molecule has 0 aromatic rings. The number of nitrogens with one attached hydrogen (secondary N) is 1. The van der Waals surface area contributed by atoms with Gasteiger partial charge < -0.3 is 10.4 Å². The highest BCUT2D eigenvalue weighted by Gasteiger charge is 2.50. The zero-order valence-corrected chi connectivity index (χ0v) is 10.5. The molecule has 1 atom stereocenters. The molecule has 0 radical (unpaired) electrons. The van der Waals surface area contributed by atoms with Crippen LogP contribution in [0.2, 0.25) is 0 Å². The highest BCUT2D eigenvalue weighted by atomic mass is 16.4. The Bertz CT molecular complexity index is 330. The van der Waals surface area contributed by atoms with Crippen LogP contribution in [0, 0.1) is 17.3 Å². The molecule has 0 spiro atoms. The van der Waals surface area contributed by atoms with Gasteiger partial charge in [0, 0.05) is 12.0 Å². The number of carboxylic acids is 1. The minimum absolute atomic E-state index is 0.161. The van der Waals surface area contributed by atoms with Crippen molar-refractivity contribution in [3.05, 3.63) is 0 Å². The largest absolute Gasteiger partial charge is 0.481 e. The van der Waals surface area contributed by atoms with Gasteiger partial charge in [-0.05, 0) is 37.5 Å². The molecule has 4 heteroatoms. The van der Waals surface area contributed by atoms with Gasteiger partial charge in [-0.1, -0.05) is 13.8 Å². The molecule has 2 rings (SSSR count). The Hall–Kier alpha value is -1.06. The maximum atomic E-state index is 11.9. The summed E-state index contributed by atoms with van der Waals surface area (Å²) in [6.07, 6.45) is 3.96. The molecule has 2 fully saturated rings. The van der Waals surface area contributed by atoms with Gasteiger partial charge in [-0.3, -0.25) is 9.59 Å². The molecular weight excluding hydrogens is 218 g/mol. The van der Waals surface area contributed by atoms with Gasteiger partial charge in [0.15, 0.2) is 0 Å². The summed E-state index contributed by atoms with van der Waals surface area (Å²) in [6.45, 7) is 4.22. The first-order valence-electron chi connectivity index (χ1n) is 6.43. The lowest BCUT2D eigenvalue weighted by molar-refractivity contribution is -0.142. The summed E-state index contributed by atoms with van der Waals surface area (Å²) >= 11 is 0. The van der Waals surface area contributed by atoms with Crippen molar-refractivity contribution in [2.24, 2.45) is 17.3 Å². The molecule has 2 N–H and O–H groups in total. The van der Waals surface area contributed by atoms with E-state index < -0.39 is 5.97 Å². The summed E-state index contributed by atoms with van der Waals surface area (Å²) in [5.74, 6) is -0.577. The lowest BCUT2D eigenvalue weighted by Gasteiger charge is -2.27. The van der Waals surface area contributed by atoms with Gasteiger partial charge in [0.1, 0.15) is 0 Å². The second-order valence-electron chi connectivity index (χ2n) is 6.14. The average Bonchev–Trinajstić information content (AvgIpc) is 2.89. The monoisotopic (exact) mass is 239 g/mol. The molecule has 4 nitrogen and oxygen atoms in total. The normalized spacial score (nSPS) is 35.1. The average molecular weight is 239 g/mol. The van der Waals surface area contributed by atoms with E-state index in [-0.39, 0.29) is 29.2 Å². The van der Waals surface area contributed by atoms with Gasteiger partial charge in [-0.15, -0.1) is 0 Å². The molecular formula is C13H21NO3. The molecule has 0 bridgehead atoms. The van der Waals surface area contributed by atoms with Crippen molar-refractivity contribution in [3.8, 4) is 0 Å². The van der Waals surface area contributed by atoms with E-state index in [9.17, 15) is 9.59 Å². The number of hydrogen-bond donors (Lipinski definition) is 2. The van der Waals surface area contributed by atoms with Crippen LogP contribution in [0.25, 0.3) is 0 Å². The fraction of sp³-hybridized carbons (Fsp3) is 0.846. The minimum atomic E-state index is -0.696. The Morgan fingerprint density at radius 3 is 2.12 bits per heavy atom. The molecule has 2 saturated carbocycles. The third-order valence-corrected chi connectivity index (χ3v) is 4.25. The van der Waals surface area contributed by atoms with Gasteiger partial charge >= 0.3 is 5.97 Å². The maximum Gasteiger partial charge on any atom is 0.306 e. The van der Waals surface area contributed by atoms with E-state index in [2.05, 4.69) is 19.2 Å². The van der Waals surface area contributed by atoms with Crippen LogP contribution in [-0.2, 0) is 9.59 Å². The molecule has 2 aliphatic rings. The van der Waals surface area contributed by atoms with Crippen molar-refractivity contribution >= 4 is 11.9 Å². The van der Waals surface area contributed by atoms with E-state index in [1.807, 2.05) is 0 Å². The summed E-state index contributed by atoms with van der Waals surface area (Å²) in [5.41, 5.74) is 0.169. The number of rotatable bonds is 3. The molecule has 96 valence electrons. The van der Waals surface area contributed by atoms with Crippen LogP contribution in [0.3, 0.4) is 0 Å². The first-order chi connectivity index (χ1) is 7.90. The van der Waals surface area contributed by atoms with E-state index in [1.165, 1.54) is 0 Å². The summed E-state index contributed by atoms with van der Waals surface area (Å²) in [7, 11) is 0. The number of carboxylic acid groups (broad SMARTS) is 1. The standard InChI is InChI=1S/C13H21NO3/c1-13(2)7-10(13)11(15)14-9-5-3-8(4-6-9)12(16)17/h8-10H,3-7H2,1-2H3,(H,14,15)(H,16,17). The van der Waals surface area contributed by atoms with E-state index in [0.29, 0.717) is 12.8 Å². The van der Waals surface area contributed by atoms with Crippen molar-refractivity contribution in [1.29, 1.82) is 0 Å². The fourth-order valence-corrected chi connectivity index (χ4v) is 2.70. The number of carbonyl (C=O) groups is 2. The Labute approximate surface area is 102 Å². The van der Waals surface area contributed by atoms with E-state index in [4.69, 9.17) is 5.11 Å². The van der Waals surface area contributed by atoms with Crippen molar-refractivity contribution in [2.75, 3.05) is 0 Å². The summed E-state index contributed by atoms with van der Waals surface area (Å²) in [6, 6.07) is 0.189. The van der Waals surface area contributed by atoms with Crippen molar-refractivity contribution < 1.29 is 14.7 Å². The number of hydrogen-bond acceptors (Lipinski definition) is 2. The Balaban J connectivity index is 1.75. The van der Waals surface area contributed by atoms with E-state index in [0.717, 1.165) is 19.3 Å². The van der Waals surface area contributed by atoms with Gasteiger partial charge in [-0.25, -0.2) is 0 Å². The van der Waals surface area contributed by atoms with Gasteiger partial charge in [-0.2, -0.15) is 0 Å². The Morgan fingerprint density at radius 1 is 1.18 bits per heavy atom. The van der Waals surface area contributed by atoms with Crippen LogP contribution >= 0.6 is 0 Å². The smallest absolute Gasteiger partial charge is 0.306 e. The lowest BCUT2D eigenvalue weighted by Crippen LogP contribution is -2.40. The molecule has 17 heavy (non-hydrogen) atoms. The lowest BCUT2D eigenvalue weighted by atomic mass is 9.86. The topological polar surface area (TPSA) is 66.4 Å². The molecule has 0 aromatic heterocycles. The van der Waals surface area contributed by atoms with Crippen molar-refractivity contribution in [2.45, 2.75) is 52.0 Å². The predicted octanol–water partition coefficient (Wildman–Crippen LogP) is 1.79. The van der Waals surface area contributed by atoms with Crippen LogP contribution in [0.4, 0.5) is 0 Å². The van der Waals surface area contributed by atoms with Crippen molar-refractivity contribution in [1.82, 2.24) is 5.32 Å². The van der Waals surface area contributed by atoms with Crippen LogP contribution in [0.1, 0.15) is 46.0 Å². The molecule has 1 unspecified atom stereocenters. The third kappa shape index (κ3) is 2.79. The fourth-order valence-electron chi connectivity index (χ4n) is 2.70. The molecule has 0 aliphatic heterocycles. The van der Waals surface area contributed by atoms with E-state index >= 15 is 0 Å². The molecule has 2 aliphatic carbocycles. The number of amides is 1. The first kappa shape index (κ1) is 12.4. The van der Waals surface area contributed by atoms with Crippen LogP contribution in [0.5, 0.6) is 0 Å². The van der Waals surface area contributed by atoms with Crippen LogP contribution < -0.4 is 5.32 Å². The number of carbonyl (C=O) groups excluding carboxylic acids is 1. The van der Waals surface area contributed by atoms with E-state index in [1.54, 1.807) is 0 Å². The van der Waals surface area contributed by atoms with Crippen LogP contribution in [0.15, 0.2) is 0 Å². The summed E-state index contributed by atoms with van der Waals surface area (Å²) < 4.78 is 0. The second kappa shape index (κ2) is 4.31. The van der Waals surface area contributed by atoms with Gasteiger partial charge in [0.05, 0.1) is 5.92 Å². The maximum absolute atomic E-state index is 11.9. The quantitative estimate of drug-likeness (QED) is 0.789. The Kier molecular flexibility index (Phi) is 3.15. The SMILES string of the molecule is CC1(C)CC1C(=O)NC1CCC(C(=O)O)CC1. The highest BCUT2D eigenvalue weighted by molar-refractivity contribution is 5.82. The minimum Gasteiger partial charge on any atom is -0.481 e. The zero-order chi connectivity index (χ0) is 12.6. The molecule has 0 saturated heterocycles. The molecule has 0 heterocycles. The van der Waals surface area contributed by atoms with Crippen molar-refractivity contribution in [3.63, 3.8) is 0 Å². The highest BCUT2D eigenvalue weighted by Crippen LogP contribution is 2.51. The molecule has 0 aromatic carbocycles. The van der Waals surface area contributed by atoms with Gasteiger partial charge in [0.2, 0.25) is 5.91 Å². The Morgan fingerprint density at radius 2 is 1.71 bits per heavy atom. The second-order valence-corrected chi connectivity index (χ2v) is 6.14. The third-order valence-electron chi connectivity index (χ3n) is 4.25.